The fourth-order valence-electron chi connectivity index (χ4n) is 2.78. The summed E-state index contributed by atoms with van der Waals surface area (Å²) in [5.41, 5.74) is 0.641. The van der Waals surface area contributed by atoms with Gasteiger partial charge in [0.2, 0.25) is 0 Å². The van der Waals surface area contributed by atoms with E-state index >= 15 is 0 Å². The number of para-hydroxylation sites is 1. The summed E-state index contributed by atoms with van der Waals surface area (Å²) in [6.45, 7) is -0.393. The summed E-state index contributed by atoms with van der Waals surface area (Å²) in [5, 5.41) is 0.486. The topological polar surface area (TPSA) is 108 Å². The van der Waals surface area contributed by atoms with Gasteiger partial charge in [-0.3, -0.25) is 14.4 Å². The molecule has 0 saturated heterocycles. The van der Waals surface area contributed by atoms with Crippen LogP contribution in [0.15, 0.2) is 47.3 Å². The molecule has 0 aliphatic heterocycles. The largest absolute Gasteiger partial charge is 0.493 e. The molecule has 1 N–H and O–H groups in total. The summed E-state index contributed by atoms with van der Waals surface area (Å²) in [5.74, 6) is 0.372. The van der Waals surface area contributed by atoms with Crippen molar-refractivity contribution in [1.29, 1.82) is 0 Å². The van der Waals surface area contributed by atoms with Gasteiger partial charge in [-0.2, -0.15) is 0 Å². The number of nitrogens with one attached hydrogen (secondary N) is 1. The molecule has 0 radical (unpaired) electrons. The first-order valence-electron chi connectivity index (χ1n) is 8.90. The predicted octanol–water partition coefficient (Wildman–Crippen LogP) is 2.30. The molecule has 1 heterocycles. The van der Waals surface area contributed by atoms with Gasteiger partial charge in [-0.25, -0.2) is 4.98 Å². The number of aromatic amines is 1. The van der Waals surface area contributed by atoms with Crippen molar-refractivity contribution in [2.75, 3.05) is 20.8 Å². The second-order valence-electron chi connectivity index (χ2n) is 6.18. The Kier molecular flexibility index (Phi) is 6.23. The lowest BCUT2D eigenvalue weighted by Gasteiger charge is -2.09. The van der Waals surface area contributed by atoms with Crippen molar-refractivity contribution in [3.8, 4) is 11.5 Å². The Hall–Kier alpha value is -3.68. The number of benzene rings is 2. The van der Waals surface area contributed by atoms with Crippen LogP contribution in [-0.2, 0) is 16.0 Å². The number of nitrogens with zero attached hydrogens (tertiary/aromatic N) is 1. The first-order valence-corrected chi connectivity index (χ1v) is 8.90. The predicted molar refractivity (Wildman–Crippen MR) is 106 cm³/mol. The van der Waals surface area contributed by atoms with E-state index in [1.54, 1.807) is 36.4 Å². The highest BCUT2D eigenvalue weighted by Crippen LogP contribution is 2.27. The summed E-state index contributed by atoms with van der Waals surface area (Å²) >= 11 is 0. The third-order valence-electron chi connectivity index (χ3n) is 4.30. The molecule has 0 aliphatic rings. The van der Waals surface area contributed by atoms with E-state index in [2.05, 4.69) is 9.97 Å². The van der Waals surface area contributed by atoms with Crippen LogP contribution in [0, 0.1) is 0 Å². The molecular weight excluding hydrogens is 376 g/mol. The van der Waals surface area contributed by atoms with Crippen molar-refractivity contribution < 1.29 is 23.8 Å². The SMILES string of the molecule is COc1ccc(C(=O)COC(=O)CCc2nc3ccccc3c(=O)[nH]2)cc1OC. The third kappa shape index (κ3) is 4.78. The molecule has 3 rings (SSSR count). The number of aromatic nitrogens is 2. The number of hydrogen-bond donors (Lipinski definition) is 1. The van der Waals surface area contributed by atoms with Gasteiger partial charge >= 0.3 is 5.97 Å². The molecule has 0 saturated carbocycles. The average Bonchev–Trinajstić information content (AvgIpc) is 2.75. The van der Waals surface area contributed by atoms with Gasteiger partial charge in [-0.1, -0.05) is 12.1 Å². The summed E-state index contributed by atoms with van der Waals surface area (Å²) in [7, 11) is 2.97. The van der Waals surface area contributed by atoms with Crippen molar-refractivity contribution in [3.05, 3.63) is 64.2 Å². The van der Waals surface area contributed by atoms with Gasteiger partial charge < -0.3 is 19.2 Å². The number of carbonyl (C=O) groups excluding carboxylic acids is 2. The molecule has 8 heteroatoms. The lowest BCUT2D eigenvalue weighted by molar-refractivity contribution is -0.142. The van der Waals surface area contributed by atoms with Crippen LogP contribution in [0.4, 0.5) is 0 Å². The van der Waals surface area contributed by atoms with Crippen molar-refractivity contribution in [3.63, 3.8) is 0 Å². The first-order chi connectivity index (χ1) is 14.0. The highest BCUT2D eigenvalue weighted by atomic mass is 16.5. The molecular formula is C21H20N2O6. The zero-order valence-corrected chi connectivity index (χ0v) is 16.1. The van der Waals surface area contributed by atoms with Gasteiger partial charge in [0.25, 0.3) is 5.56 Å². The highest BCUT2D eigenvalue weighted by Gasteiger charge is 2.14. The minimum absolute atomic E-state index is 0.0134. The maximum Gasteiger partial charge on any atom is 0.306 e. The Balaban J connectivity index is 1.56. The lowest BCUT2D eigenvalue weighted by Crippen LogP contribution is -2.16. The molecule has 150 valence electrons. The number of H-pyrrole nitrogens is 1. The van der Waals surface area contributed by atoms with Crippen LogP contribution >= 0.6 is 0 Å². The molecule has 8 nitrogen and oxygen atoms in total. The fraction of sp³-hybridized carbons (Fsp3) is 0.238. The number of aryl methyl sites for hydroxylation is 1. The van der Waals surface area contributed by atoms with Crippen LogP contribution in [-0.4, -0.2) is 42.5 Å². The normalized spacial score (nSPS) is 10.6. The van der Waals surface area contributed by atoms with E-state index in [4.69, 9.17) is 14.2 Å². The number of fused-ring (bicyclic) bond motifs is 1. The van der Waals surface area contributed by atoms with Crippen molar-refractivity contribution >= 4 is 22.7 Å². The van der Waals surface area contributed by atoms with E-state index in [-0.39, 0.29) is 24.2 Å². The standard InChI is InChI=1S/C21H20N2O6/c1-27-17-8-7-13(11-18(17)28-2)16(24)12-29-20(25)10-9-19-22-15-6-4-3-5-14(15)21(26)23-19/h3-8,11H,9-10,12H2,1-2H3,(H,22,23,26). The van der Waals surface area contributed by atoms with Crippen molar-refractivity contribution in [2.45, 2.75) is 12.8 Å². The minimum Gasteiger partial charge on any atom is -0.493 e. The maximum atomic E-state index is 12.2. The zero-order valence-electron chi connectivity index (χ0n) is 16.1. The molecule has 0 aliphatic carbocycles. The average molecular weight is 396 g/mol. The van der Waals surface area contributed by atoms with Crippen LogP contribution in [0.2, 0.25) is 0 Å². The number of ketones is 1. The molecule has 0 bridgehead atoms. The van der Waals surface area contributed by atoms with Gasteiger partial charge in [0.15, 0.2) is 23.9 Å². The maximum absolute atomic E-state index is 12.2. The van der Waals surface area contributed by atoms with E-state index < -0.39 is 12.6 Å². The van der Waals surface area contributed by atoms with Crippen molar-refractivity contribution in [1.82, 2.24) is 9.97 Å². The molecule has 2 aromatic carbocycles. The van der Waals surface area contributed by atoms with Crippen LogP contribution in [0.1, 0.15) is 22.6 Å². The molecule has 0 fully saturated rings. The smallest absolute Gasteiger partial charge is 0.306 e. The third-order valence-corrected chi connectivity index (χ3v) is 4.30. The van der Waals surface area contributed by atoms with E-state index in [1.807, 2.05) is 0 Å². The Morgan fingerprint density at radius 3 is 2.55 bits per heavy atom. The summed E-state index contributed by atoms with van der Waals surface area (Å²) in [6, 6.07) is 11.7. The van der Waals surface area contributed by atoms with Crippen LogP contribution < -0.4 is 15.0 Å². The minimum atomic E-state index is -0.561. The molecule has 0 unspecified atom stereocenters. The molecule has 3 aromatic rings. The van der Waals surface area contributed by atoms with Crippen LogP contribution in [0.3, 0.4) is 0 Å². The molecule has 1 aromatic heterocycles. The molecule has 29 heavy (non-hydrogen) atoms. The van der Waals surface area contributed by atoms with E-state index in [0.29, 0.717) is 33.8 Å². The Labute approximate surface area is 166 Å². The fourth-order valence-corrected chi connectivity index (χ4v) is 2.78. The number of esters is 1. The zero-order chi connectivity index (χ0) is 20.8. The number of carbonyl (C=O) groups is 2. The van der Waals surface area contributed by atoms with E-state index in [1.165, 1.54) is 20.3 Å². The van der Waals surface area contributed by atoms with E-state index in [0.717, 1.165) is 0 Å². The molecule has 0 atom stereocenters. The summed E-state index contributed by atoms with van der Waals surface area (Å²) in [4.78, 5) is 43.3. The van der Waals surface area contributed by atoms with E-state index in [9.17, 15) is 14.4 Å². The Morgan fingerprint density at radius 2 is 1.79 bits per heavy atom. The van der Waals surface area contributed by atoms with Gasteiger partial charge in [0, 0.05) is 12.0 Å². The second kappa shape index (κ2) is 9.01. The number of rotatable bonds is 8. The van der Waals surface area contributed by atoms with Crippen molar-refractivity contribution in [2.24, 2.45) is 0 Å². The lowest BCUT2D eigenvalue weighted by atomic mass is 10.1. The number of ether oxygens (including phenoxy) is 3. The second-order valence-corrected chi connectivity index (χ2v) is 6.18. The van der Waals surface area contributed by atoms with Gasteiger partial charge in [-0.15, -0.1) is 0 Å². The van der Waals surface area contributed by atoms with Crippen LogP contribution in [0.25, 0.3) is 10.9 Å². The Bertz CT molecular complexity index is 1110. The van der Waals surface area contributed by atoms with Gasteiger partial charge in [0.05, 0.1) is 31.5 Å². The Morgan fingerprint density at radius 1 is 1.03 bits per heavy atom. The summed E-state index contributed by atoms with van der Waals surface area (Å²) in [6.07, 6.45) is 0.184. The first kappa shape index (κ1) is 20.1. The monoisotopic (exact) mass is 396 g/mol. The molecule has 0 amide bonds. The number of hydrogen-bond acceptors (Lipinski definition) is 7. The highest BCUT2D eigenvalue weighted by molar-refractivity contribution is 5.98. The quantitative estimate of drug-likeness (QED) is 0.460. The van der Waals surface area contributed by atoms with Gasteiger partial charge in [0.1, 0.15) is 5.82 Å². The summed E-state index contributed by atoms with van der Waals surface area (Å²) < 4.78 is 15.3. The number of methoxy groups -OCH3 is 2. The molecule has 0 spiro atoms. The van der Waals surface area contributed by atoms with Crippen LogP contribution in [0.5, 0.6) is 11.5 Å². The van der Waals surface area contributed by atoms with Gasteiger partial charge in [-0.05, 0) is 30.3 Å². The number of Topliss-reactive ketones (excluding diaryl/α,β-unsaturated/α-hetero) is 1.